The van der Waals surface area contributed by atoms with Crippen LogP contribution in [0.3, 0.4) is 0 Å². The second-order valence-electron chi connectivity index (χ2n) is 9.87. The summed E-state index contributed by atoms with van der Waals surface area (Å²) in [6.07, 6.45) is 6.61. The fourth-order valence-electron chi connectivity index (χ4n) is 5.71. The summed E-state index contributed by atoms with van der Waals surface area (Å²) in [4.78, 5) is 52.4. The Balaban J connectivity index is 1.19. The number of rotatable bonds is 2. The zero-order valence-electron chi connectivity index (χ0n) is 19.8. The van der Waals surface area contributed by atoms with Crippen molar-refractivity contribution in [1.29, 1.82) is 0 Å². The highest BCUT2D eigenvalue weighted by Crippen LogP contribution is 2.36. The largest absolute Gasteiger partial charge is 0.293 e. The number of ketones is 4. The standard InChI is InChI=1S/C33H20O4/c34-30-24-14-20-5-1-2-6-21(20)15-25(24)31(35)28(30)12-18-9-10-19(11-18)13-29-32(36)26-16-22-7-3-4-8-23(22)17-27(26)33(29)37/h1-8,11-17,28H,9-10H2. The van der Waals surface area contributed by atoms with Crippen molar-refractivity contribution in [3.8, 4) is 0 Å². The second kappa shape index (κ2) is 7.90. The van der Waals surface area contributed by atoms with Gasteiger partial charge >= 0.3 is 0 Å². The predicted molar refractivity (Wildman–Crippen MR) is 142 cm³/mol. The molecule has 0 saturated heterocycles. The first-order valence-corrected chi connectivity index (χ1v) is 12.3. The molecule has 0 aliphatic heterocycles. The summed E-state index contributed by atoms with van der Waals surface area (Å²) >= 11 is 0. The van der Waals surface area contributed by atoms with E-state index in [0.29, 0.717) is 35.1 Å². The topological polar surface area (TPSA) is 68.3 Å². The van der Waals surface area contributed by atoms with E-state index in [1.54, 1.807) is 24.3 Å². The van der Waals surface area contributed by atoms with Crippen LogP contribution in [0.4, 0.5) is 0 Å². The average molecular weight is 481 g/mol. The number of Topliss-reactive ketones (excluding diaryl/α,β-unsaturated/α-hetero) is 4. The smallest absolute Gasteiger partial charge is 0.197 e. The number of carbonyl (C=O) groups excluding carboxylic acids is 4. The third-order valence-electron chi connectivity index (χ3n) is 7.63. The molecule has 176 valence electrons. The number of hydrogen-bond donors (Lipinski definition) is 0. The van der Waals surface area contributed by atoms with Crippen LogP contribution in [0.2, 0.25) is 0 Å². The Labute approximate surface area is 212 Å². The first kappa shape index (κ1) is 21.6. The van der Waals surface area contributed by atoms with Crippen LogP contribution < -0.4 is 0 Å². The second-order valence-corrected chi connectivity index (χ2v) is 9.87. The number of allylic oxidation sites excluding steroid dienone is 6. The van der Waals surface area contributed by atoms with E-state index in [2.05, 4.69) is 0 Å². The van der Waals surface area contributed by atoms with Crippen molar-refractivity contribution in [2.75, 3.05) is 0 Å². The van der Waals surface area contributed by atoms with E-state index >= 15 is 0 Å². The number of benzene rings is 4. The van der Waals surface area contributed by atoms with Gasteiger partial charge in [-0.15, -0.1) is 0 Å². The van der Waals surface area contributed by atoms with Crippen LogP contribution in [0.5, 0.6) is 0 Å². The molecule has 0 N–H and O–H groups in total. The van der Waals surface area contributed by atoms with E-state index in [1.165, 1.54) is 0 Å². The zero-order chi connectivity index (χ0) is 25.3. The van der Waals surface area contributed by atoms with E-state index in [0.717, 1.165) is 32.7 Å². The van der Waals surface area contributed by atoms with Gasteiger partial charge in [0.05, 0.1) is 5.57 Å². The molecule has 0 atom stereocenters. The third kappa shape index (κ3) is 3.30. The highest BCUT2D eigenvalue weighted by molar-refractivity contribution is 6.40. The quantitative estimate of drug-likeness (QED) is 0.183. The van der Waals surface area contributed by atoms with Crippen LogP contribution in [0.1, 0.15) is 54.3 Å². The highest BCUT2D eigenvalue weighted by atomic mass is 16.2. The fraction of sp³-hybridized carbons (Fsp3) is 0.0909. The van der Waals surface area contributed by atoms with Gasteiger partial charge in [0.25, 0.3) is 0 Å². The summed E-state index contributed by atoms with van der Waals surface area (Å²) in [7, 11) is 0. The average Bonchev–Trinajstić information content (AvgIpc) is 3.53. The molecule has 0 spiro atoms. The fourth-order valence-corrected chi connectivity index (χ4v) is 5.71. The van der Waals surface area contributed by atoms with Crippen molar-refractivity contribution < 1.29 is 19.2 Å². The van der Waals surface area contributed by atoms with Crippen LogP contribution in [0.15, 0.2) is 108 Å². The van der Waals surface area contributed by atoms with Gasteiger partial charge in [-0.1, -0.05) is 66.3 Å². The van der Waals surface area contributed by atoms with Crippen molar-refractivity contribution in [2.24, 2.45) is 5.92 Å². The minimum atomic E-state index is -0.837. The Morgan fingerprint density at radius 3 is 1.54 bits per heavy atom. The maximum absolute atomic E-state index is 13.1. The minimum Gasteiger partial charge on any atom is -0.293 e. The molecule has 0 aromatic heterocycles. The highest BCUT2D eigenvalue weighted by Gasteiger charge is 2.38. The van der Waals surface area contributed by atoms with Crippen LogP contribution in [-0.4, -0.2) is 23.1 Å². The van der Waals surface area contributed by atoms with E-state index in [-0.39, 0.29) is 28.7 Å². The molecule has 0 amide bonds. The molecule has 37 heavy (non-hydrogen) atoms. The van der Waals surface area contributed by atoms with Gasteiger partial charge in [-0.2, -0.15) is 0 Å². The van der Waals surface area contributed by atoms with E-state index in [4.69, 9.17) is 0 Å². The zero-order valence-corrected chi connectivity index (χ0v) is 19.8. The van der Waals surface area contributed by atoms with Crippen molar-refractivity contribution in [1.82, 2.24) is 0 Å². The molecule has 0 radical (unpaired) electrons. The molecule has 3 aliphatic rings. The lowest BCUT2D eigenvalue weighted by Crippen LogP contribution is -2.12. The maximum atomic E-state index is 13.1. The van der Waals surface area contributed by atoms with Gasteiger partial charge in [0.1, 0.15) is 5.92 Å². The predicted octanol–water partition coefficient (Wildman–Crippen LogP) is 6.64. The Hall–Kier alpha value is -4.70. The lowest BCUT2D eigenvalue weighted by molar-refractivity contribution is 0.0869. The SMILES string of the molecule is O=C1C(=CC2=CC(=CC3C(=O)c4cc5ccccc5cc4C3=O)CC2)C(=O)c2cc3ccccc3cc21. The summed E-state index contributed by atoms with van der Waals surface area (Å²) in [5.41, 5.74) is 3.72. The molecule has 3 aliphatic carbocycles. The van der Waals surface area contributed by atoms with Crippen molar-refractivity contribution >= 4 is 44.7 Å². The lowest BCUT2D eigenvalue weighted by Gasteiger charge is -2.01. The molecule has 4 aromatic rings. The Kier molecular flexibility index (Phi) is 4.61. The molecule has 0 saturated carbocycles. The van der Waals surface area contributed by atoms with Gasteiger partial charge < -0.3 is 0 Å². The summed E-state index contributed by atoms with van der Waals surface area (Å²) in [6, 6.07) is 22.6. The minimum absolute atomic E-state index is 0.171. The first-order valence-electron chi connectivity index (χ1n) is 12.3. The van der Waals surface area contributed by atoms with Crippen molar-refractivity contribution in [2.45, 2.75) is 12.8 Å². The summed E-state index contributed by atoms with van der Waals surface area (Å²) < 4.78 is 0. The van der Waals surface area contributed by atoms with Crippen LogP contribution in [0.25, 0.3) is 21.5 Å². The summed E-state index contributed by atoms with van der Waals surface area (Å²) in [5.74, 6) is -1.71. The van der Waals surface area contributed by atoms with Crippen LogP contribution in [0, 0.1) is 5.92 Å². The Morgan fingerprint density at radius 1 is 0.595 bits per heavy atom. The summed E-state index contributed by atoms with van der Waals surface area (Å²) in [5, 5.41) is 3.72. The normalized spacial score (nSPS) is 18.3. The summed E-state index contributed by atoms with van der Waals surface area (Å²) in [6.45, 7) is 0. The molecule has 0 unspecified atom stereocenters. The monoisotopic (exact) mass is 480 g/mol. The molecule has 0 heterocycles. The molecule has 0 bridgehead atoms. The number of carbonyl (C=O) groups is 4. The molecule has 7 rings (SSSR count). The number of fused-ring (bicyclic) bond motifs is 4. The lowest BCUT2D eigenvalue weighted by atomic mass is 10.00. The molecule has 4 nitrogen and oxygen atoms in total. The van der Waals surface area contributed by atoms with Gasteiger partial charge in [0, 0.05) is 22.3 Å². The van der Waals surface area contributed by atoms with E-state index in [1.807, 2.05) is 66.7 Å². The van der Waals surface area contributed by atoms with Gasteiger partial charge in [0.15, 0.2) is 23.1 Å². The van der Waals surface area contributed by atoms with Gasteiger partial charge in [-0.3, -0.25) is 19.2 Å². The molecular formula is C33H20O4. The van der Waals surface area contributed by atoms with E-state index in [9.17, 15) is 19.2 Å². The molecule has 4 aromatic carbocycles. The van der Waals surface area contributed by atoms with Crippen molar-refractivity contribution in [3.05, 3.63) is 130 Å². The van der Waals surface area contributed by atoms with E-state index < -0.39 is 5.92 Å². The van der Waals surface area contributed by atoms with Crippen molar-refractivity contribution in [3.63, 3.8) is 0 Å². The first-order chi connectivity index (χ1) is 18.0. The third-order valence-corrected chi connectivity index (χ3v) is 7.63. The Bertz CT molecular complexity index is 1740. The van der Waals surface area contributed by atoms with Crippen LogP contribution in [-0.2, 0) is 0 Å². The molecular weight excluding hydrogens is 460 g/mol. The van der Waals surface area contributed by atoms with Gasteiger partial charge in [0.2, 0.25) is 0 Å². The molecule has 4 heteroatoms. The van der Waals surface area contributed by atoms with Crippen LogP contribution >= 0.6 is 0 Å². The maximum Gasteiger partial charge on any atom is 0.197 e. The van der Waals surface area contributed by atoms with Gasteiger partial charge in [-0.25, -0.2) is 0 Å². The molecule has 0 fully saturated rings. The Morgan fingerprint density at radius 2 is 1.05 bits per heavy atom. The van der Waals surface area contributed by atoms with Gasteiger partial charge in [-0.05, 0) is 70.3 Å². The number of hydrogen-bond acceptors (Lipinski definition) is 4.